The topological polar surface area (TPSA) is 63.0 Å². The van der Waals surface area contributed by atoms with Crippen molar-refractivity contribution in [3.05, 3.63) is 27.8 Å². The second-order valence-corrected chi connectivity index (χ2v) is 4.56. The molecule has 2 aromatic rings. The highest BCUT2D eigenvalue weighted by molar-refractivity contribution is 7.07. The van der Waals surface area contributed by atoms with Crippen LogP contribution in [0, 0.1) is 13.8 Å². The van der Waals surface area contributed by atoms with Crippen molar-refractivity contribution in [3.63, 3.8) is 0 Å². The molecule has 2 heterocycles. The van der Waals surface area contributed by atoms with E-state index in [-0.39, 0.29) is 6.61 Å². The first-order chi connectivity index (χ1) is 8.22. The lowest BCUT2D eigenvalue weighted by molar-refractivity contribution is 0.270. The molecule has 0 bridgehead atoms. The van der Waals surface area contributed by atoms with Gasteiger partial charge in [0, 0.05) is 10.9 Å². The summed E-state index contributed by atoms with van der Waals surface area (Å²) in [5, 5.41) is 18.7. The summed E-state index contributed by atoms with van der Waals surface area (Å²) in [7, 11) is 0. The standard InChI is InChI=1S/C11H16N4OS/c1-8-9(2)14-15(3-4-16)11(8)12-5-10-6-17-7-13-10/h6-7,12,16H,3-5H2,1-2H3. The van der Waals surface area contributed by atoms with Gasteiger partial charge in [0.25, 0.3) is 0 Å². The summed E-state index contributed by atoms with van der Waals surface area (Å²) in [6, 6.07) is 0. The molecule has 0 saturated heterocycles. The summed E-state index contributed by atoms with van der Waals surface area (Å²) in [5.74, 6) is 0.963. The Labute approximate surface area is 104 Å². The maximum absolute atomic E-state index is 9.00. The number of aliphatic hydroxyl groups is 1. The van der Waals surface area contributed by atoms with E-state index in [1.165, 1.54) is 0 Å². The Hall–Kier alpha value is -1.40. The van der Waals surface area contributed by atoms with E-state index < -0.39 is 0 Å². The molecule has 0 unspecified atom stereocenters. The van der Waals surface area contributed by atoms with Crippen molar-refractivity contribution in [2.45, 2.75) is 26.9 Å². The minimum Gasteiger partial charge on any atom is -0.394 e. The Morgan fingerprint density at radius 3 is 2.94 bits per heavy atom. The number of hydrogen-bond acceptors (Lipinski definition) is 5. The lowest BCUT2D eigenvalue weighted by Crippen LogP contribution is -2.11. The summed E-state index contributed by atoms with van der Waals surface area (Å²) in [5.41, 5.74) is 4.94. The van der Waals surface area contributed by atoms with Crippen LogP contribution in [0.25, 0.3) is 0 Å². The van der Waals surface area contributed by atoms with Gasteiger partial charge in [-0.05, 0) is 13.8 Å². The van der Waals surface area contributed by atoms with Gasteiger partial charge >= 0.3 is 0 Å². The third kappa shape index (κ3) is 2.65. The van der Waals surface area contributed by atoms with Gasteiger partial charge in [-0.3, -0.25) is 0 Å². The first kappa shape index (κ1) is 12.1. The second kappa shape index (κ2) is 5.29. The van der Waals surface area contributed by atoms with Crippen LogP contribution in [0.3, 0.4) is 0 Å². The van der Waals surface area contributed by atoms with Crippen LogP contribution in [-0.4, -0.2) is 26.5 Å². The van der Waals surface area contributed by atoms with Gasteiger partial charge in [0.15, 0.2) is 0 Å². The molecule has 0 fully saturated rings. The second-order valence-electron chi connectivity index (χ2n) is 3.84. The fraction of sp³-hybridized carbons (Fsp3) is 0.455. The predicted octanol–water partition coefficient (Wildman–Crippen LogP) is 1.56. The molecule has 2 aromatic heterocycles. The Balaban J connectivity index is 2.13. The molecule has 0 aliphatic heterocycles. The maximum Gasteiger partial charge on any atom is 0.127 e. The number of aryl methyl sites for hydroxylation is 1. The number of aromatic nitrogens is 3. The molecule has 0 aliphatic carbocycles. The van der Waals surface area contributed by atoms with E-state index in [4.69, 9.17) is 5.11 Å². The molecule has 0 aromatic carbocycles. The maximum atomic E-state index is 9.00. The molecule has 0 spiro atoms. The van der Waals surface area contributed by atoms with Gasteiger partial charge in [0.2, 0.25) is 0 Å². The molecule has 0 aliphatic rings. The van der Waals surface area contributed by atoms with Gasteiger partial charge in [0.05, 0.1) is 36.6 Å². The van der Waals surface area contributed by atoms with Crippen LogP contribution in [0.1, 0.15) is 17.0 Å². The molecular weight excluding hydrogens is 236 g/mol. The van der Waals surface area contributed by atoms with Crippen LogP contribution in [0.5, 0.6) is 0 Å². The van der Waals surface area contributed by atoms with Crippen LogP contribution < -0.4 is 5.32 Å². The Morgan fingerprint density at radius 1 is 1.47 bits per heavy atom. The third-order valence-corrected chi connectivity index (χ3v) is 3.29. The minimum atomic E-state index is 0.0892. The van der Waals surface area contributed by atoms with Gasteiger partial charge in [-0.15, -0.1) is 11.3 Å². The van der Waals surface area contributed by atoms with E-state index >= 15 is 0 Å². The fourth-order valence-electron chi connectivity index (χ4n) is 1.65. The smallest absolute Gasteiger partial charge is 0.127 e. The molecule has 17 heavy (non-hydrogen) atoms. The first-order valence-corrected chi connectivity index (χ1v) is 6.42. The van der Waals surface area contributed by atoms with Gasteiger partial charge < -0.3 is 10.4 Å². The van der Waals surface area contributed by atoms with Gasteiger partial charge in [-0.25, -0.2) is 9.67 Å². The number of thiazole rings is 1. The van der Waals surface area contributed by atoms with Crippen LogP contribution in [0.15, 0.2) is 10.9 Å². The molecule has 0 atom stereocenters. The molecule has 2 rings (SSSR count). The van der Waals surface area contributed by atoms with Gasteiger partial charge in [-0.2, -0.15) is 5.10 Å². The van der Waals surface area contributed by atoms with E-state index in [9.17, 15) is 0 Å². The highest BCUT2D eigenvalue weighted by Gasteiger charge is 2.10. The number of nitrogens with one attached hydrogen (secondary N) is 1. The highest BCUT2D eigenvalue weighted by Crippen LogP contribution is 2.19. The van der Waals surface area contributed by atoms with Crippen LogP contribution in [0.4, 0.5) is 5.82 Å². The minimum absolute atomic E-state index is 0.0892. The van der Waals surface area contributed by atoms with Crippen molar-refractivity contribution in [2.24, 2.45) is 0 Å². The summed E-state index contributed by atoms with van der Waals surface area (Å²) in [6.45, 7) is 5.28. The van der Waals surface area contributed by atoms with Crippen molar-refractivity contribution in [3.8, 4) is 0 Å². The van der Waals surface area contributed by atoms with Crippen molar-refractivity contribution < 1.29 is 5.11 Å². The normalized spacial score (nSPS) is 10.8. The average molecular weight is 252 g/mol. The third-order valence-electron chi connectivity index (χ3n) is 2.66. The van der Waals surface area contributed by atoms with Crippen molar-refractivity contribution in [2.75, 3.05) is 11.9 Å². The molecule has 0 saturated carbocycles. The molecule has 0 amide bonds. The van der Waals surface area contributed by atoms with Crippen molar-refractivity contribution >= 4 is 17.2 Å². The lowest BCUT2D eigenvalue weighted by atomic mass is 10.3. The monoisotopic (exact) mass is 252 g/mol. The van der Waals surface area contributed by atoms with E-state index in [1.54, 1.807) is 16.0 Å². The van der Waals surface area contributed by atoms with Crippen LogP contribution in [0.2, 0.25) is 0 Å². The Bertz CT molecular complexity index is 478. The largest absolute Gasteiger partial charge is 0.394 e. The molecule has 2 N–H and O–H groups in total. The lowest BCUT2D eigenvalue weighted by Gasteiger charge is -2.08. The van der Waals surface area contributed by atoms with Crippen LogP contribution >= 0.6 is 11.3 Å². The fourth-order valence-corrected chi connectivity index (χ4v) is 2.21. The zero-order valence-electron chi connectivity index (χ0n) is 9.97. The van der Waals surface area contributed by atoms with Gasteiger partial charge in [0.1, 0.15) is 5.82 Å². The van der Waals surface area contributed by atoms with E-state index in [0.717, 1.165) is 22.8 Å². The molecule has 6 heteroatoms. The number of aliphatic hydroxyl groups excluding tert-OH is 1. The average Bonchev–Trinajstić information content (AvgIpc) is 2.89. The van der Waals surface area contributed by atoms with Crippen LogP contribution in [-0.2, 0) is 13.1 Å². The zero-order valence-corrected chi connectivity index (χ0v) is 10.8. The number of rotatable bonds is 5. The number of nitrogens with zero attached hydrogens (tertiary/aromatic N) is 3. The molecule has 5 nitrogen and oxygen atoms in total. The molecular formula is C11H16N4OS. The predicted molar refractivity (Wildman–Crippen MR) is 68.2 cm³/mol. The molecule has 92 valence electrons. The van der Waals surface area contributed by atoms with E-state index in [1.807, 2.05) is 24.7 Å². The van der Waals surface area contributed by atoms with Crippen molar-refractivity contribution in [1.29, 1.82) is 0 Å². The number of anilines is 1. The highest BCUT2D eigenvalue weighted by atomic mass is 32.1. The summed E-state index contributed by atoms with van der Waals surface area (Å²) >= 11 is 1.59. The summed E-state index contributed by atoms with van der Waals surface area (Å²) < 4.78 is 1.80. The van der Waals surface area contributed by atoms with E-state index in [2.05, 4.69) is 15.4 Å². The zero-order chi connectivity index (χ0) is 12.3. The Kier molecular flexibility index (Phi) is 3.75. The quantitative estimate of drug-likeness (QED) is 0.847. The van der Waals surface area contributed by atoms with Crippen molar-refractivity contribution in [1.82, 2.24) is 14.8 Å². The Morgan fingerprint density at radius 2 is 2.29 bits per heavy atom. The van der Waals surface area contributed by atoms with E-state index in [0.29, 0.717) is 13.1 Å². The number of hydrogen-bond donors (Lipinski definition) is 2. The summed E-state index contributed by atoms with van der Waals surface area (Å²) in [6.07, 6.45) is 0. The molecule has 0 radical (unpaired) electrons. The van der Waals surface area contributed by atoms with Gasteiger partial charge in [-0.1, -0.05) is 0 Å². The first-order valence-electron chi connectivity index (χ1n) is 5.48. The summed E-state index contributed by atoms with van der Waals surface area (Å²) in [4.78, 5) is 4.22. The SMILES string of the molecule is Cc1nn(CCO)c(NCc2cscn2)c1C.